The maximum absolute atomic E-state index is 12.7. The molecule has 0 aliphatic heterocycles. The highest BCUT2D eigenvalue weighted by atomic mass is 79.9. The van der Waals surface area contributed by atoms with Gasteiger partial charge in [-0.1, -0.05) is 0 Å². The topological polar surface area (TPSA) is 12.9 Å². The van der Waals surface area contributed by atoms with Gasteiger partial charge in [0, 0.05) is 11.6 Å². The van der Waals surface area contributed by atoms with Gasteiger partial charge in [-0.3, -0.25) is 4.98 Å². The third-order valence-corrected chi connectivity index (χ3v) is 2.43. The summed E-state index contributed by atoms with van der Waals surface area (Å²) in [4.78, 5) is 4.00. The number of hydrogen-bond acceptors (Lipinski definition) is 1. The fourth-order valence-electron chi connectivity index (χ4n) is 1.03. The Balaban J connectivity index is 2.36. The SMILES string of the molecule is Fc1cnc(C2CC2)cc1Br. The predicted octanol–water partition coefficient (Wildman–Crippen LogP) is 2.86. The summed E-state index contributed by atoms with van der Waals surface area (Å²) in [6.07, 6.45) is 3.67. The van der Waals surface area contributed by atoms with Gasteiger partial charge in [0.25, 0.3) is 0 Å². The van der Waals surface area contributed by atoms with Crippen molar-refractivity contribution in [2.24, 2.45) is 0 Å². The molecule has 1 aliphatic rings. The Labute approximate surface area is 72.8 Å². The Morgan fingerprint density at radius 2 is 2.27 bits per heavy atom. The minimum atomic E-state index is -0.283. The monoisotopic (exact) mass is 215 g/mol. The van der Waals surface area contributed by atoms with E-state index >= 15 is 0 Å². The standard InChI is InChI=1S/C8H7BrFN/c9-6-3-8(5-1-2-5)11-4-7(6)10/h3-5H,1-2H2. The molecule has 0 amide bonds. The van der Waals surface area contributed by atoms with E-state index in [-0.39, 0.29) is 5.82 Å². The fourth-order valence-corrected chi connectivity index (χ4v) is 1.37. The van der Waals surface area contributed by atoms with Crippen molar-refractivity contribution >= 4 is 15.9 Å². The third kappa shape index (κ3) is 1.43. The minimum absolute atomic E-state index is 0.283. The molecule has 1 aliphatic carbocycles. The molecule has 1 fully saturated rings. The van der Waals surface area contributed by atoms with Crippen molar-refractivity contribution in [2.75, 3.05) is 0 Å². The number of nitrogens with zero attached hydrogens (tertiary/aromatic N) is 1. The highest BCUT2D eigenvalue weighted by Crippen LogP contribution is 2.39. The quantitative estimate of drug-likeness (QED) is 0.703. The maximum atomic E-state index is 12.7. The van der Waals surface area contributed by atoms with Crippen LogP contribution in [0.1, 0.15) is 24.5 Å². The first-order valence-electron chi connectivity index (χ1n) is 3.58. The molecular weight excluding hydrogens is 209 g/mol. The summed E-state index contributed by atoms with van der Waals surface area (Å²) in [5.74, 6) is 0.307. The Morgan fingerprint density at radius 3 is 2.82 bits per heavy atom. The van der Waals surface area contributed by atoms with Gasteiger partial charge in [0.15, 0.2) is 5.82 Å². The third-order valence-electron chi connectivity index (χ3n) is 1.83. The lowest BCUT2D eigenvalue weighted by Gasteiger charge is -1.97. The van der Waals surface area contributed by atoms with Crippen LogP contribution in [0.2, 0.25) is 0 Å². The Hall–Kier alpha value is -0.440. The first kappa shape index (κ1) is 7.22. The number of hydrogen-bond donors (Lipinski definition) is 0. The summed E-state index contributed by atoms with van der Waals surface area (Å²) in [5, 5.41) is 0. The van der Waals surface area contributed by atoms with Gasteiger partial charge in [0.2, 0.25) is 0 Å². The molecule has 0 atom stereocenters. The van der Waals surface area contributed by atoms with Crippen LogP contribution in [0.15, 0.2) is 16.7 Å². The lowest BCUT2D eigenvalue weighted by atomic mass is 10.2. The van der Waals surface area contributed by atoms with Gasteiger partial charge in [0.05, 0.1) is 10.7 Å². The number of rotatable bonds is 1. The van der Waals surface area contributed by atoms with Gasteiger partial charge in [-0.25, -0.2) is 4.39 Å². The number of halogens is 2. The molecule has 0 radical (unpaired) electrons. The van der Waals surface area contributed by atoms with Gasteiger partial charge in [0.1, 0.15) is 0 Å². The molecule has 1 saturated carbocycles. The molecule has 0 spiro atoms. The van der Waals surface area contributed by atoms with Crippen LogP contribution in [0.5, 0.6) is 0 Å². The van der Waals surface area contributed by atoms with Gasteiger partial charge in [-0.15, -0.1) is 0 Å². The highest BCUT2D eigenvalue weighted by molar-refractivity contribution is 9.10. The Morgan fingerprint density at radius 1 is 1.55 bits per heavy atom. The van der Waals surface area contributed by atoms with Gasteiger partial charge >= 0.3 is 0 Å². The zero-order valence-corrected chi connectivity index (χ0v) is 7.44. The minimum Gasteiger partial charge on any atom is -0.258 e. The second-order valence-corrected chi connectivity index (χ2v) is 3.65. The molecule has 1 heterocycles. The summed E-state index contributed by atoms with van der Waals surface area (Å²) < 4.78 is 13.2. The summed E-state index contributed by atoms with van der Waals surface area (Å²) in [6.45, 7) is 0. The van der Waals surface area contributed by atoms with Crippen molar-refractivity contribution in [3.63, 3.8) is 0 Å². The van der Waals surface area contributed by atoms with E-state index in [0.717, 1.165) is 5.69 Å². The normalized spacial score (nSPS) is 16.9. The molecule has 0 N–H and O–H groups in total. The zero-order valence-electron chi connectivity index (χ0n) is 5.85. The van der Waals surface area contributed by atoms with E-state index in [9.17, 15) is 4.39 Å². The lowest BCUT2D eigenvalue weighted by molar-refractivity contribution is 0.612. The van der Waals surface area contributed by atoms with Crippen LogP contribution in [-0.2, 0) is 0 Å². The van der Waals surface area contributed by atoms with E-state index in [4.69, 9.17) is 0 Å². The van der Waals surface area contributed by atoms with E-state index in [1.807, 2.05) is 0 Å². The van der Waals surface area contributed by atoms with E-state index < -0.39 is 0 Å². The Bertz CT molecular complexity index is 283. The average Bonchev–Trinajstić information content (AvgIpc) is 2.77. The van der Waals surface area contributed by atoms with Crippen molar-refractivity contribution in [3.8, 4) is 0 Å². The van der Waals surface area contributed by atoms with E-state index in [1.54, 1.807) is 6.07 Å². The second-order valence-electron chi connectivity index (χ2n) is 2.80. The summed E-state index contributed by atoms with van der Waals surface area (Å²) in [5.41, 5.74) is 1.01. The van der Waals surface area contributed by atoms with Crippen LogP contribution in [0.25, 0.3) is 0 Å². The van der Waals surface area contributed by atoms with Crippen molar-refractivity contribution in [1.82, 2.24) is 4.98 Å². The van der Waals surface area contributed by atoms with Gasteiger partial charge in [-0.2, -0.15) is 0 Å². The maximum Gasteiger partial charge on any atom is 0.155 e. The van der Waals surface area contributed by atoms with Crippen LogP contribution >= 0.6 is 15.9 Å². The molecular formula is C8H7BrFN. The van der Waals surface area contributed by atoms with Gasteiger partial charge < -0.3 is 0 Å². The molecule has 0 aromatic carbocycles. The first-order valence-corrected chi connectivity index (χ1v) is 4.37. The van der Waals surface area contributed by atoms with Crippen LogP contribution < -0.4 is 0 Å². The summed E-state index contributed by atoms with van der Waals surface area (Å²) >= 11 is 3.13. The van der Waals surface area contributed by atoms with Crippen molar-refractivity contribution in [1.29, 1.82) is 0 Å². The van der Waals surface area contributed by atoms with Crippen molar-refractivity contribution in [2.45, 2.75) is 18.8 Å². The molecule has 2 rings (SSSR count). The van der Waals surface area contributed by atoms with E-state index in [1.165, 1.54) is 19.0 Å². The lowest BCUT2D eigenvalue weighted by Crippen LogP contribution is -1.88. The molecule has 0 unspecified atom stereocenters. The molecule has 0 saturated heterocycles. The molecule has 1 aromatic heterocycles. The fraction of sp³-hybridized carbons (Fsp3) is 0.375. The Kier molecular flexibility index (Phi) is 1.68. The summed E-state index contributed by atoms with van der Waals surface area (Å²) in [7, 11) is 0. The predicted molar refractivity (Wildman–Crippen MR) is 43.9 cm³/mol. The molecule has 0 bridgehead atoms. The highest BCUT2D eigenvalue weighted by Gasteiger charge is 2.25. The van der Waals surface area contributed by atoms with E-state index in [0.29, 0.717) is 10.4 Å². The van der Waals surface area contributed by atoms with Gasteiger partial charge in [-0.05, 0) is 34.8 Å². The van der Waals surface area contributed by atoms with Crippen LogP contribution in [0.3, 0.4) is 0 Å². The average molecular weight is 216 g/mol. The smallest absolute Gasteiger partial charge is 0.155 e. The van der Waals surface area contributed by atoms with Crippen molar-refractivity contribution < 1.29 is 4.39 Å². The zero-order chi connectivity index (χ0) is 7.84. The molecule has 3 heteroatoms. The largest absolute Gasteiger partial charge is 0.258 e. The second kappa shape index (κ2) is 2.55. The molecule has 1 nitrogen and oxygen atoms in total. The summed E-state index contributed by atoms with van der Waals surface area (Å²) in [6, 6.07) is 1.77. The van der Waals surface area contributed by atoms with Crippen LogP contribution in [0.4, 0.5) is 4.39 Å². The number of pyridine rings is 1. The van der Waals surface area contributed by atoms with Crippen LogP contribution in [0, 0.1) is 5.82 Å². The van der Waals surface area contributed by atoms with E-state index in [2.05, 4.69) is 20.9 Å². The first-order chi connectivity index (χ1) is 5.27. The molecule has 11 heavy (non-hydrogen) atoms. The number of aromatic nitrogens is 1. The van der Waals surface area contributed by atoms with Crippen molar-refractivity contribution in [3.05, 3.63) is 28.2 Å². The van der Waals surface area contributed by atoms with Crippen LogP contribution in [-0.4, -0.2) is 4.98 Å². The molecule has 1 aromatic rings. The molecule has 58 valence electrons.